The molecule has 1 aromatic rings. The van der Waals surface area contributed by atoms with E-state index in [9.17, 15) is 9.59 Å². The molecule has 0 unspecified atom stereocenters. The van der Waals surface area contributed by atoms with Gasteiger partial charge in [0.05, 0.1) is 12.6 Å². The molecule has 1 aromatic carbocycles. The van der Waals surface area contributed by atoms with Gasteiger partial charge in [0.15, 0.2) is 0 Å². The summed E-state index contributed by atoms with van der Waals surface area (Å²) < 4.78 is 5.17. The lowest BCUT2D eigenvalue weighted by Crippen LogP contribution is -2.61. The highest BCUT2D eigenvalue weighted by Crippen LogP contribution is 2.30. The highest BCUT2D eigenvalue weighted by Gasteiger charge is 2.49. The number of carbonyl (C=O) groups is 2. The molecule has 2 aliphatic rings. The third kappa shape index (κ3) is 4.10. The number of benzene rings is 1. The van der Waals surface area contributed by atoms with Crippen LogP contribution in [0.4, 0.5) is 4.79 Å². The van der Waals surface area contributed by atoms with Gasteiger partial charge >= 0.3 is 6.03 Å². The summed E-state index contributed by atoms with van der Waals surface area (Å²) in [5, 5.41) is 0. The molecule has 27 heavy (non-hydrogen) atoms. The number of carbonyl (C=O) groups excluding carboxylic acids is 2. The number of methoxy groups -OCH3 is 1. The summed E-state index contributed by atoms with van der Waals surface area (Å²) in [5.41, 5.74) is 2.35. The Morgan fingerprint density at radius 1 is 1.15 bits per heavy atom. The minimum absolute atomic E-state index is 0.00588. The maximum atomic E-state index is 13.2. The minimum Gasteiger partial charge on any atom is -0.383 e. The van der Waals surface area contributed by atoms with E-state index in [2.05, 4.69) is 32.9 Å². The van der Waals surface area contributed by atoms with Crippen LogP contribution in [0.15, 0.2) is 24.3 Å². The second-order valence-electron chi connectivity index (χ2n) is 8.07. The number of hydrogen-bond acceptors (Lipinski definition) is 3. The fourth-order valence-electron chi connectivity index (χ4n) is 4.14. The van der Waals surface area contributed by atoms with Gasteiger partial charge in [-0.3, -0.25) is 4.79 Å². The van der Waals surface area contributed by atoms with Crippen molar-refractivity contribution in [1.82, 2.24) is 14.7 Å². The van der Waals surface area contributed by atoms with Gasteiger partial charge in [-0.1, -0.05) is 38.1 Å². The summed E-state index contributed by atoms with van der Waals surface area (Å²) >= 11 is 0. The van der Waals surface area contributed by atoms with Crippen LogP contribution in [-0.4, -0.2) is 72.1 Å². The fourth-order valence-corrected chi connectivity index (χ4v) is 4.14. The van der Waals surface area contributed by atoms with Crippen molar-refractivity contribution in [2.24, 2.45) is 5.92 Å². The maximum Gasteiger partial charge on any atom is 0.321 e. The molecule has 148 valence electrons. The van der Waals surface area contributed by atoms with Gasteiger partial charge < -0.3 is 19.4 Å². The maximum absolute atomic E-state index is 13.2. The molecule has 3 amide bonds. The molecule has 6 heteroatoms. The van der Waals surface area contributed by atoms with E-state index in [1.54, 1.807) is 7.11 Å². The number of ether oxygens (including phenoxy) is 1. The number of rotatable bonds is 7. The summed E-state index contributed by atoms with van der Waals surface area (Å²) in [6.07, 6.45) is 0.697. The van der Waals surface area contributed by atoms with E-state index in [0.717, 1.165) is 5.56 Å². The third-order valence-electron chi connectivity index (χ3n) is 5.56. The predicted molar refractivity (Wildman–Crippen MR) is 104 cm³/mol. The molecule has 2 aliphatic heterocycles. The molecule has 0 spiro atoms. The molecule has 0 aliphatic carbocycles. The smallest absolute Gasteiger partial charge is 0.321 e. The molecule has 3 rings (SSSR count). The fraction of sp³-hybridized carbons (Fsp3) is 0.619. The van der Waals surface area contributed by atoms with Crippen molar-refractivity contribution in [1.29, 1.82) is 0 Å². The van der Waals surface area contributed by atoms with E-state index < -0.39 is 0 Å². The Kier molecular flexibility index (Phi) is 6.05. The summed E-state index contributed by atoms with van der Waals surface area (Å²) in [5.74, 6) is 0.406. The summed E-state index contributed by atoms with van der Waals surface area (Å²) in [6, 6.07) is 7.85. The van der Waals surface area contributed by atoms with Crippen molar-refractivity contribution in [3.8, 4) is 0 Å². The first-order valence-corrected chi connectivity index (χ1v) is 9.81. The lowest BCUT2D eigenvalue weighted by Gasteiger charge is -2.42. The SMILES string of the molecule is COCCN1C[C@@H]2CN(Cc3ccccc3C)C(=O)N2[C@@H](CC(C)C)C1=O. The van der Waals surface area contributed by atoms with Crippen LogP contribution in [-0.2, 0) is 16.1 Å². The molecule has 0 N–H and O–H groups in total. The van der Waals surface area contributed by atoms with Gasteiger partial charge in [0.25, 0.3) is 0 Å². The van der Waals surface area contributed by atoms with E-state index in [1.165, 1.54) is 5.56 Å². The molecular formula is C21H31N3O3. The predicted octanol–water partition coefficient (Wildman–Crippen LogP) is 2.50. The Bertz CT molecular complexity index is 691. The Morgan fingerprint density at radius 3 is 2.52 bits per heavy atom. The van der Waals surface area contributed by atoms with Crippen LogP contribution in [0, 0.1) is 12.8 Å². The van der Waals surface area contributed by atoms with Crippen molar-refractivity contribution < 1.29 is 14.3 Å². The number of urea groups is 1. The topological polar surface area (TPSA) is 53.1 Å². The average molecular weight is 373 g/mol. The van der Waals surface area contributed by atoms with Gasteiger partial charge in [-0.15, -0.1) is 0 Å². The van der Waals surface area contributed by atoms with E-state index in [1.807, 2.05) is 26.8 Å². The highest BCUT2D eigenvalue weighted by atomic mass is 16.5. The summed E-state index contributed by atoms with van der Waals surface area (Å²) in [6.45, 7) is 9.23. The average Bonchev–Trinajstić information content (AvgIpc) is 2.93. The Balaban J connectivity index is 1.80. The van der Waals surface area contributed by atoms with Crippen molar-refractivity contribution in [3.63, 3.8) is 0 Å². The summed E-state index contributed by atoms with van der Waals surface area (Å²) in [4.78, 5) is 31.8. The van der Waals surface area contributed by atoms with Crippen LogP contribution >= 0.6 is 0 Å². The van der Waals surface area contributed by atoms with Crippen molar-refractivity contribution >= 4 is 11.9 Å². The summed E-state index contributed by atoms with van der Waals surface area (Å²) in [7, 11) is 1.65. The quantitative estimate of drug-likeness (QED) is 0.738. The number of hydrogen-bond donors (Lipinski definition) is 0. The molecule has 0 aromatic heterocycles. The number of piperazine rings is 1. The van der Waals surface area contributed by atoms with Gasteiger partial charge in [-0.05, 0) is 30.4 Å². The lowest BCUT2D eigenvalue weighted by molar-refractivity contribution is -0.143. The Labute approximate surface area is 162 Å². The molecule has 2 saturated heterocycles. The molecule has 2 heterocycles. The number of aryl methyl sites for hydroxylation is 1. The number of fused-ring (bicyclic) bond motifs is 1. The first kappa shape index (κ1) is 19.7. The van der Waals surface area contributed by atoms with Crippen molar-refractivity contribution in [2.45, 2.75) is 45.8 Å². The molecule has 6 nitrogen and oxygen atoms in total. The second-order valence-corrected chi connectivity index (χ2v) is 8.07. The molecule has 0 bridgehead atoms. The van der Waals surface area contributed by atoms with E-state index in [-0.39, 0.29) is 24.0 Å². The molecule has 2 atom stereocenters. The second kappa shape index (κ2) is 8.30. The number of nitrogens with zero attached hydrogens (tertiary/aromatic N) is 3. The molecule has 0 saturated carbocycles. The largest absolute Gasteiger partial charge is 0.383 e. The van der Waals surface area contributed by atoms with Crippen LogP contribution in [0.3, 0.4) is 0 Å². The van der Waals surface area contributed by atoms with Crippen molar-refractivity contribution in [3.05, 3.63) is 35.4 Å². The molecular weight excluding hydrogens is 342 g/mol. The highest BCUT2D eigenvalue weighted by molar-refractivity contribution is 5.90. The number of amides is 3. The zero-order valence-electron chi connectivity index (χ0n) is 16.9. The molecule has 0 radical (unpaired) electrons. The van der Waals surface area contributed by atoms with Gasteiger partial charge in [0.2, 0.25) is 5.91 Å². The monoisotopic (exact) mass is 373 g/mol. The Morgan fingerprint density at radius 2 is 1.85 bits per heavy atom. The lowest BCUT2D eigenvalue weighted by atomic mass is 9.97. The van der Waals surface area contributed by atoms with Crippen molar-refractivity contribution in [2.75, 3.05) is 33.4 Å². The van der Waals surface area contributed by atoms with Crippen LogP contribution in [0.5, 0.6) is 0 Å². The van der Waals surface area contributed by atoms with E-state index in [0.29, 0.717) is 45.1 Å². The van der Waals surface area contributed by atoms with Crippen LogP contribution < -0.4 is 0 Å². The van der Waals surface area contributed by atoms with Crippen LogP contribution in [0.25, 0.3) is 0 Å². The third-order valence-corrected chi connectivity index (χ3v) is 5.56. The normalized spacial score (nSPS) is 22.8. The first-order valence-electron chi connectivity index (χ1n) is 9.81. The van der Waals surface area contributed by atoms with Gasteiger partial charge in [-0.2, -0.15) is 0 Å². The zero-order chi connectivity index (χ0) is 19.6. The zero-order valence-corrected chi connectivity index (χ0v) is 16.9. The van der Waals surface area contributed by atoms with E-state index >= 15 is 0 Å². The Hall–Kier alpha value is -2.08. The standard InChI is InChI=1S/C21H31N3O3/c1-15(2)11-19-20(25)22(9-10-27-4)13-18-14-23(21(26)24(18)19)12-17-8-6-5-7-16(17)3/h5-8,15,18-19H,9-14H2,1-4H3/t18-,19+/m1/s1. The minimum atomic E-state index is -0.366. The van der Waals surface area contributed by atoms with Gasteiger partial charge in [0.1, 0.15) is 6.04 Å². The van der Waals surface area contributed by atoms with Crippen LogP contribution in [0.1, 0.15) is 31.4 Å². The molecule has 2 fully saturated rings. The van der Waals surface area contributed by atoms with E-state index in [4.69, 9.17) is 4.74 Å². The van der Waals surface area contributed by atoms with Gasteiger partial charge in [0, 0.05) is 33.3 Å². The van der Waals surface area contributed by atoms with Crippen LogP contribution in [0.2, 0.25) is 0 Å². The first-order chi connectivity index (χ1) is 12.9. The van der Waals surface area contributed by atoms with Gasteiger partial charge in [-0.25, -0.2) is 4.79 Å².